The van der Waals surface area contributed by atoms with Crippen molar-refractivity contribution in [3.05, 3.63) is 65.7 Å². The van der Waals surface area contributed by atoms with Gasteiger partial charge in [-0.05, 0) is 43.4 Å². The van der Waals surface area contributed by atoms with Gasteiger partial charge in [0, 0.05) is 18.5 Å². The summed E-state index contributed by atoms with van der Waals surface area (Å²) < 4.78 is 28.4. The summed E-state index contributed by atoms with van der Waals surface area (Å²) in [4.78, 5) is 0.427. The highest BCUT2D eigenvalue weighted by atomic mass is 32.2. The summed E-state index contributed by atoms with van der Waals surface area (Å²) in [6.07, 6.45) is 4.45. The molecule has 1 aliphatic carbocycles. The molecule has 2 aliphatic rings. The summed E-state index contributed by atoms with van der Waals surface area (Å²) in [6.45, 7) is 2.59. The zero-order valence-corrected chi connectivity index (χ0v) is 15.5. The van der Waals surface area contributed by atoms with E-state index in [4.69, 9.17) is 0 Å². The van der Waals surface area contributed by atoms with Crippen LogP contribution >= 0.6 is 0 Å². The second-order valence-electron chi connectivity index (χ2n) is 7.42. The van der Waals surface area contributed by atoms with Crippen molar-refractivity contribution in [2.75, 3.05) is 6.54 Å². The number of fused-ring (bicyclic) bond motifs is 1. The summed E-state index contributed by atoms with van der Waals surface area (Å²) in [5, 5.41) is 0. The highest BCUT2D eigenvalue weighted by Crippen LogP contribution is 2.46. The fourth-order valence-electron chi connectivity index (χ4n) is 4.61. The number of nitrogens with zero attached hydrogens (tertiary/aromatic N) is 1. The van der Waals surface area contributed by atoms with Crippen LogP contribution in [0.2, 0.25) is 0 Å². The van der Waals surface area contributed by atoms with E-state index in [-0.39, 0.29) is 6.04 Å². The molecule has 132 valence electrons. The second kappa shape index (κ2) is 6.58. The van der Waals surface area contributed by atoms with Crippen LogP contribution in [-0.2, 0) is 10.0 Å². The first-order valence-electron chi connectivity index (χ1n) is 9.21. The lowest BCUT2D eigenvalue weighted by Crippen LogP contribution is -2.39. The molecule has 2 fully saturated rings. The maximum absolute atomic E-state index is 13.3. The quantitative estimate of drug-likeness (QED) is 0.821. The molecule has 0 N–H and O–H groups in total. The van der Waals surface area contributed by atoms with E-state index in [1.165, 1.54) is 12.0 Å². The lowest BCUT2D eigenvalue weighted by atomic mass is 9.77. The molecular formula is C21H25NO2S. The average Bonchev–Trinajstić information content (AvgIpc) is 3.03. The molecule has 4 rings (SSSR count). The normalized spacial score (nSPS) is 27.2. The van der Waals surface area contributed by atoms with Gasteiger partial charge < -0.3 is 0 Å². The standard InChI is InChI=1S/C21H25NO2S/c1-16-11-13-18(14-12-16)25(23,24)22-15-20(17-7-3-2-4-8-17)19-9-5-6-10-21(19)22/h2-4,7-8,11-14,19-21H,5-6,9-10,15H2,1H3/t19-,20-,21-/m0/s1. The molecule has 2 aromatic rings. The number of aryl methyl sites for hydroxylation is 1. The van der Waals surface area contributed by atoms with Gasteiger partial charge in [-0.25, -0.2) is 8.42 Å². The summed E-state index contributed by atoms with van der Waals surface area (Å²) >= 11 is 0. The van der Waals surface area contributed by atoms with Gasteiger partial charge in [-0.3, -0.25) is 0 Å². The minimum absolute atomic E-state index is 0.144. The van der Waals surface area contributed by atoms with E-state index in [9.17, 15) is 8.42 Å². The van der Waals surface area contributed by atoms with Crippen LogP contribution in [0, 0.1) is 12.8 Å². The highest BCUT2D eigenvalue weighted by molar-refractivity contribution is 7.89. The zero-order chi connectivity index (χ0) is 17.4. The molecule has 1 heterocycles. The maximum Gasteiger partial charge on any atom is 0.243 e. The first-order chi connectivity index (χ1) is 12.1. The molecule has 3 atom stereocenters. The minimum atomic E-state index is -3.43. The molecule has 0 bridgehead atoms. The Morgan fingerprint density at radius 1 is 0.920 bits per heavy atom. The van der Waals surface area contributed by atoms with Gasteiger partial charge in [0.15, 0.2) is 0 Å². The van der Waals surface area contributed by atoms with Crippen LogP contribution in [0.25, 0.3) is 0 Å². The number of hydrogen-bond donors (Lipinski definition) is 0. The average molecular weight is 356 g/mol. The van der Waals surface area contributed by atoms with Gasteiger partial charge in [-0.1, -0.05) is 60.9 Å². The lowest BCUT2D eigenvalue weighted by molar-refractivity contribution is 0.254. The van der Waals surface area contributed by atoms with Crippen LogP contribution in [0.5, 0.6) is 0 Å². The van der Waals surface area contributed by atoms with Crippen molar-refractivity contribution in [1.29, 1.82) is 0 Å². The van der Waals surface area contributed by atoms with E-state index >= 15 is 0 Å². The van der Waals surface area contributed by atoms with E-state index in [1.54, 1.807) is 16.4 Å². The molecule has 2 aromatic carbocycles. The van der Waals surface area contributed by atoms with Crippen LogP contribution in [-0.4, -0.2) is 25.3 Å². The Balaban J connectivity index is 1.70. The molecule has 1 saturated heterocycles. The molecule has 0 spiro atoms. The number of benzene rings is 2. The smallest absolute Gasteiger partial charge is 0.207 e. The molecule has 0 radical (unpaired) electrons. The van der Waals surface area contributed by atoms with Crippen LogP contribution in [0.3, 0.4) is 0 Å². The van der Waals surface area contributed by atoms with E-state index in [0.717, 1.165) is 24.8 Å². The largest absolute Gasteiger partial charge is 0.243 e. The van der Waals surface area contributed by atoms with Gasteiger partial charge in [0.2, 0.25) is 10.0 Å². The van der Waals surface area contributed by atoms with Gasteiger partial charge in [-0.2, -0.15) is 4.31 Å². The number of hydrogen-bond acceptors (Lipinski definition) is 2. The maximum atomic E-state index is 13.3. The van der Waals surface area contributed by atoms with Crippen molar-refractivity contribution in [3.63, 3.8) is 0 Å². The molecule has 0 unspecified atom stereocenters. The Morgan fingerprint density at radius 2 is 1.60 bits per heavy atom. The lowest BCUT2D eigenvalue weighted by Gasteiger charge is -2.32. The van der Waals surface area contributed by atoms with Gasteiger partial charge in [0.05, 0.1) is 4.90 Å². The zero-order valence-electron chi connectivity index (χ0n) is 14.6. The third-order valence-electron chi connectivity index (χ3n) is 5.90. The van der Waals surface area contributed by atoms with Crippen molar-refractivity contribution in [2.24, 2.45) is 5.92 Å². The Kier molecular flexibility index (Phi) is 4.42. The van der Waals surface area contributed by atoms with Gasteiger partial charge in [0.1, 0.15) is 0 Å². The van der Waals surface area contributed by atoms with E-state index < -0.39 is 10.0 Å². The van der Waals surface area contributed by atoms with Gasteiger partial charge in [0.25, 0.3) is 0 Å². The predicted molar refractivity (Wildman–Crippen MR) is 100.0 cm³/mol. The first-order valence-corrected chi connectivity index (χ1v) is 10.6. The monoisotopic (exact) mass is 355 g/mol. The van der Waals surface area contributed by atoms with Crippen molar-refractivity contribution in [1.82, 2.24) is 4.31 Å². The van der Waals surface area contributed by atoms with Crippen LogP contribution < -0.4 is 0 Å². The Labute approximate surface area is 150 Å². The number of sulfonamides is 1. The van der Waals surface area contributed by atoms with Crippen molar-refractivity contribution >= 4 is 10.0 Å². The van der Waals surface area contributed by atoms with Crippen molar-refractivity contribution in [3.8, 4) is 0 Å². The molecule has 25 heavy (non-hydrogen) atoms. The molecule has 0 aromatic heterocycles. The van der Waals surface area contributed by atoms with E-state index in [2.05, 4.69) is 24.3 Å². The first kappa shape index (κ1) is 16.8. The van der Waals surface area contributed by atoms with Crippen LogP contribution in [0.4, 0.5) is 0 Å². The number of rotatable bonds is 3. The van der Waals surface area contributed by atoms with Crippen LogP contribution in [0.15, 0.2) is 59.5 Å². The van der Waals surface area contributed by atoms with Crippen molar-refractivity contribution < 1.29 is 8.42 Å². The summed E-state index contributed by atoms with van der Waals surface area (Å²) in [6, 6.07) is 17.9. The molecule has 3 nitrogen and oxygen atoms in total. The fourth-order valence-corrected chi connectivity index (χ4v) is 6.33. The molecular weight excluding hydrogens is 330 g/mol. The molecule has 4 heteroatoms. The topological polar surface area (TPSA) is 37.4 Å². The molecule has 1 aliphatic heterocycles. The minimum Gasteiger partial charge on any atom is -0.207 e. The highest BCUT2D eigenvalue weighted by Gasteiger charge is 2.48. The van der Waals surface area contributed by atoms with Crippen molar-refractivity contribution in [2.45, 2.75) is 49.5 Å². The van der Waals surface area contributed by atoms with Gasteiger partial charge in [-0.15, -0.1) is 0 Å². The summed E-state index contributed by atoms with van der Waals surface area (Å²) in [5.74, 6) is 0.753. The Morgan fingerprint density at radius 3 is 2.32 bits per heavy atom. The fraction of sp³-hybridized carbons (Fsp3) is 0.429. The predicted octanol–water partition coefficient (Wildman–Crippen LogP) is 4.34. The molecule has 0 amide bonds. The third-order valence-corrected chi connectivity index (χ3v) is 7.81. The second-order valence-corrected chi connectivity index (χ2v) is 9.31. The summed E-state index contributed by atoms with van der Waals surface area (Å²) in [5.41, 5.74) is 2.36. The Bertz CT molecular complexity index is 830. The third kappa shape index (κ3) is 3.02. The van der Waals surface area contributed by atoms with E-state index in [0.29, 0.717) is 23.3 Å². The molecule has 1 saturated carbocycles. The Hall–Kier alpha value is -1.65. The van der Waals surface area contributed by atoms with Gasteiger partial charge >= 0.3 is 0 Å². The van der Waals surface area contributed by atoms with Crippen LogP contribution in [0.1, 0.15) is 42.7 Å². The van der Waals surface area contributed by atoms with E-state index in [1.807, 2.05) is 25.1 Å². The SMILES string of the molecule is Cc1ccc(S(=O)(=O)N2C[C@@H](c3ccccc3)[C@@H]3CCCC[C@@H]32)cc1. The summed E-state index contributed by atoms with van der Waals surface area (Å²) in [7, 11) is -3.43.